The molecule has 3 aromatic carbocycles. The highest BCUT2D eigenvalue weighted by atomic mass is 32.1. The third-order valence-corrected chi connectivity index (χ3v) is 5.23. The monoisotopic (exact) mass is 377 g/mol. The molecule has 0 radical (unpaired) electrons. The number of benzene rings is 3. The van der Waals surface area contributed by atoms with Crippen molar-refractivity contribution in [3.8, 4) is 5.75 Å². The first-order valence-electron chi connectivity index (χ1n) is 8.81. The van der Waals surface area contributed by atoms with Gasteiger partial charge in [-0.1, -0.05) is 72.8 Å². The molecule has 2 N–H and O–H groups in total. The van der Waals surface area contributed by atoms with Crippen molar-refractivity contribution >= 4 is 18.4 Å². The van der Waals surface area contributed by atoms with Crippen molar-refractivity contribution in [2.24, 2.45) is 5.73 Å². The number of carbonyl (C=O) groups excluding carboxylic acids is 1. The van der Waals surface area contributed by atoms with Crippen LogP contribution in [0.3, 0.4) is 0 Å². The van der Waals surface area contributed by atoms with Gasteiger partial charge in [-0.2, -0.15) is 12.6 Å². The molecule has 0 bridgehead atoms. The van der Waals surface area contributed by atoms with Crippen LogP contribution in [0.4, 0.5) is 0 Å². The third-order valence-electron chi connectivity index (χ3n) is 4.84. The molecule has 0 aliphatic carbocycles. The number of nitrogens with two attached hydrogens (primary N) is 1. The molecular weight excluding hydrogens is 354 g/mol. The summed E-state index contributed by atoms with van der Waals surface area (Å²) in [7, 11) is 1.62. The molecule has 0 spiro atoms. The van der Waals surface area contributed by atoms with E-state index in [0.717, 1.165) is 22.4 Å². The molecule has 0 fully saturated rings. The van der Waals surface area contributed by atoms with Gasteiger partial charge in [0.15, 0.2) is 5.78 Å². The van der Waals surface area contributed by atoms with Crippen LogP contribution in [0.5, 0.6) is 5.75 Å². The Morgan fingerprint density at radius 3 is 1.74 bits per heavy atom. The molecule has 0 aliphatic rings. The largest absolute Gasteiger partial charge is 0.497 e. The summed E-state index contributed by atoms with van der Waals surface area (Å²) < 4.78 is 5.30. The molecule has 0 heterocycles. The zero-order valence-electron chi connectivity index (χ0n) is 15.2. The molecule has 27 heavy (non-hydrogen) atoms. The number of methoxy groups -OCH3 is 1. The highest BCUT2D eigenvalue weighted by Gasteiger charge is 2.45. The summed E-state index contributed by atoms with van der Waals surface area (Å²) >= 11 is 4.29. The second kappa shape index (κ2) is 8.42. The van der Waals surface area contributed by atoms with E-state index in [9.17, 15) is 4.79 Å². The Bertz CT molecular complexity index is 840. The van der Waals surface area contributed by atoms with E-state index in [1.807, 2.05) is 84.9 Å². The number of rotatable bonds is 7. The van der Waals surface area contributed by atoms with E-state index in [1.165, 1.54) is 0 Å². The van der Waals surface area contributed by atoms with Gasteiger partial charge in [0.2, 0.25) is 0 Å². The minimum atomic E-state index is -1.02. The van der Waals surface area contributed by atoms with E-state index in [0.29, 0.717) is 0 Å². The molecule has 3 aromatic rings. The summed E-state index contributed by atoms with van der Waals surface area (Å²) in [5, 5.41) is 0. The van der Waals surface area contributed by atoms with Crippen molar-refractivity contribution < 1.29 is 9.53 Å². The smallest absolute Gasteiger partial charge is 0.169 e. The van der Waals surface area contributed by atoms with Crippen LogP contribution in [-0.4, -0.2) is 24.7 Å². The van der Waals surface area contributed by atoms with Crippen LogP contribution in [0.25, 0.3) is 0 Å². The number of ether oxygens (including phenoxy) is 1. The van der Waals surface area contributed by atoms with Gasteiger partial charge in [0.1, 0.15) is 11.2 Å². The van der Waals surface area contributed by atoms with Gasteiger partial charge in [0, 0.05) is 5.75 Å². The molecule has 0 aromatic heterocycles. The second-order valence-electron chi connectivity index (χ2n) is 6.36. The van der Waals surface area contributed by atoms with Crippen LogP contribution < -0.4 is 10.5 Å². The number of Topliss-reactive ketones (excluding diaryl/α,β-unsaturated/α-hetero) is 1. The van der Waals surface area contributed by atoms with Crippen LogP contribution >= 0.6 is 12.6 Å². The van der Waals surface area contributed by atoms with Gasteiger partial charge in [-0.15, -0.1) is 0 Å². The van der Waals surface area contributed by atoms with Crippen molar-refractivity contribution in [2.45, 2.75) is 11.5 Å². The van der Waals surface area contributed by atoms with Gasteiger partial charge in [0.25, 0.3) is 0 Å². The number of ketones is 1. The predicted molar refractivity (Wildman–Crippen MR) is 113 cm³/mol. The van der Waals surface area contributed by atoms with E-state index in [4.69, 9.17) is 10.5 Å². The van der Waals surface area contributed by atoms with E-state index in [1.54, 1.807) is 7.11 Å². The lowest BCUT2D eigenvalue weighted by molar-refractivity contribution is -0.122. The molecule has 0 saturated carbocycles. The molecule has 1 atom stereocenters. The van der Waals surface area contributed by atoms with E-state index in [2.05, 4.69) is 12.6 Å². The van der Waals surface area contributed by atoms with Gasteiger partial charge >= 0.3 is 0 Å². The van der Waals surface area contributed by atoms with Crippen molar-refractivity contribution in [1.29, 1.82) is 0 Å². The average molecular weight is 378 g/mol. The number of thiol groups is 1. The maximum Gasteiger partial charge on any atom is 0.169 e. The summed E-state index contributed by atoms with van der Waals surface area (Å²) in [5.74, 6) is 0.927. The summed E-state index contributed by atoms with van der Waals surface area (Å²) in [6.07, 6.45) is 0. The van der Waals surface area contributed by atoms with Crippen LogP contribution in [0.2, 0.25) is 0 Å². The Morgan fingerprint density at radius 1 is 0.889 bits per heavy atom. The first-order chi connectivity index (χ1) is 13.1. The van der Waals surface area contributed by atoms with E-state index >= 15 is 0 Å². The number of hydrogen-bond acceptors (Lipinski definition) is 4. The van der Waals surface area contributed by atoms with Gasteiger partial charge < -0.3 is 10.5 Å². The molecule has 3 rings (SSSR count). The molecule has 0 unspecified atom stereocenters. The fourth-order valence-corrected chi connectivity index (χ4v) is 3.67. The van der Waals surface area contributed by atoms with Crippen molar-refractivity contribution in [3.05, 3.63) is 102 Å². The summed E-state index contributed by atoms with van der Waals surface area (Å²) in [6.45, 7) is 0. The fourth-order valence-electron chi connectivity index (χ4n) is 3.51. The lowest BCUT2D eigenvalue weighted by atomic mass is 9.65. The minimum Gasteiger partial charge on any atom is -0.497 e. The van der Waals surface area contributed by atoms with Gasteiger partial charge in [-0.25, -0.2) is 0 Å². The second-order valence-corrected chi connectivity index (χ2v) is 6.73. The summed E-state index contributed by atoms with van der Waals surface area (Å²) in [6, 6.07) is 26.4. The SMILES string of the molecule is COc1ccc(C(C(=O)[C@@H](N)CS)(c2ccccc2)c2ccccc2)cc1. The number of hydrogen-bond donors (Lipinski definition) is 2. The van der Waals surface area contributed by atoms with Crippen LogP contribution in [0.1, 0.15) is 16.7 Å². The lowest BCUT2D eigenvalue weighted by Crippen LogP contribution is -2.49. The quantitative estimate of drug-likeness (QED) is 0.486. The van der Waals surface area contributed by atoms with Crippen LogP contribution in [0.15, 0.2) is 84.9 Å². The molecule has 138 valence electrons. The van der Waals surface area contributed by atoms with Crippen molar-refractivity contribution in [1.82, 2.24) is 0 Å². The summed E-state index contributed by atoms with van der Waals surface area (Å²) in [5.41, 5.74) is 7.81. The summed E-state index contributed by atoms with van der Waals surface area (Å²) in [4.78, 5) is 13.7. The zero-order chi connectivity index (χ0) is 19.3. The highest BCUT2D eigenvalue weighted by molar-refractivity contribution is 7.80. The van der Waals surface area contributed by atoms with Gasteiger partial charge in [-0.3, -0.25) is 4.79 Å². The Hall–Kier alpha value is -2.56. The van der Waals surface area contributed by atoms with Gasteiger partial charge in [-0.05, 0) is 28.8 Å². The zero-order valence-corrected chi connectivity index (χ0v) is 16.1. The molecule has 4 heteroatoms. The predicted octanol–water partition coefficient (Wildman–Crippen LogP) is 3.86. The maximum absolute atomic E-state index is 13.7. The molecule has 0 amide bonds. The van der Waals surface area contributed by atoms with Crippen molar-refractivity contribution in [3.63, 3.8) is 0 Å². The highest BCUT2D eigenvalue weighted by Crippen LogP contribution is 2.41. The first-order valence-corrected chi connectivity index (χ1v) is 9.44. The molecular formula is C23H23NO2S. The Labute approximate surface area is 165 Å². The normalized spacial score (nSPS) is 12.4. The number of carbonyl (C=O) groups is 1. The Balaban J connectivity index is 2.36. The van der Waals surface area contributed by atoms with Crippen molar-refractivity contribution in [2.75, 3.05) is 12.9 Å². The third kappa shape index (κ3) is 3.51. The van der Waals surface area contributed by atoms with Crippen LogP contribution in [0, 0.1) is 0 Å². The lowest BCUT2D eigenvalue weighted by Gasteiger charge is -2.36. The Kier molecular flexibility index (Phi) is 5.99. The van der Waals surface area contributed by atoms with E-state index < -0.39 is 11.5 Å². The topological polar surface area (TPSA) is 52.3 Å². The average Bonchev–Trinajstić information content (AvgIpc) is 2.75. The van der Waals surface area contributed by atoms with Crippen LogP contribution in [-0.2, 0) is 10.2 Å². The standard InChI is InChI=1S/C23H23NO2S/c1-26-20-14-12-19(13-15-20)23(22(25)21(24)16-27,17-8-4-2-5-9-17)18-10-6-3-7-11-18/h2-15,21,27H,16,24H2,1H3/t21-/m0/s1. The molecule has 3 nitrogen and oxygen atoms in total. The molecule has 0 saturated heterocycles. The first kappa shape index (κ1) is 19.2. The Morgan fingerprint density at radius 2 is 1.33 bits per heavy atom. The minimum absolute atomic E-state index is 0.0833. The maximum atomic E-state index is 13.7. The van der Waals surface area contributed by atoms with E-state index in [-0.39, 0.29) is 11.5 Å². The molecule has 0 aliphatic heterocycles. The fraction of sp³-hybridized carbons (Fsp3) is 0.174. The van der Waals surface area contributed by atoms with Gasteiger partial charge in [0.05, 0.1) is 13.2 Å².